The summed E-state index contributed by atoms with van der Waals surface area (Å²) in [6, 6.07) is 10.1. The van der Waals surface area contributed by atoms with E-state index in [1.807, 2.05) is 0 Å². The fourth-order valence-corrected chi connectivity index (χ4v) is 3.69. The third-order valence-corrected chi connectivity index (χ3v) is 5.43. The number of methoxy groups -OCH3 is 1. The Morgan fingerprint density at radius 2 is 1.87 bits per heavy atom. The monoisotopic (exact) mass is 449 g/mol. The molecule has 0 radical (unpaired) electrons. The Morgan fingerprint density at radius 1 is 1.16 bits per heavy atom. The number of ether oxygens (including phenoxy) is 2. The largest absolute Gasteiger partial charge is 0.460 e. The van der Waals surface area contributed by atoms with Gasteiger partial charge in [-0.15, -0.1) is 0 Å². The summed E-state index contributed by atoms with van der Waals surface area (Å²) in [5, 5.41) is 0.532. The second-order valence-electron chi connectivity index (χ2n) is 7.15. The van der Waals surface area contributed by atoms with Crippen LogP contribution in [0.15, 0.2) is 53.7 Å². The lowest BCUT2D eigenvalue weighted by Crippen LogP contribution is -2.38. The van der Waals surface area contributed by atoms with Crippen molar-refractivity contribution in [3.63, 3.8) is 0 Å². The predicted octanol–water partition coefficient (Wildman–Crippen LogP) is 4.60. The summed E-state index contributed by atoms with van der Waals surface area (Å²) in [6.07, 6.45) is -0.00347. The lowest BCUT2D eigenvalue weighted by Gasteiger charge is -2.34. The molecule has 0 N–H and O–H groups in total. The van der Waals surface area contributed by atoms with Crippen LogP contribution in [0, 0.1) is 11.6 Å². The van der Waals surface area contributed by atoms with Gasteiger partial charge in [0.2, 0.25) is 5.91 Å². The normalized spacial score (nSPS) is 16.6. The highest BCUT2D eigenvalue weighted by Gasteiger charge is 2.37. The van der Waals surface area contributed by atoms with Crippen LogP contribution in [-0.2, 0) is 25.6 Å². The molecular weight excluding hydrogens is 428 g/mol. The number of amides is 1. The van der Waals surface area contributed by atoms with Crippen LogP contribution in [0.4, 0.5) is 8.78 Å². The highest BCUT2D eigenvalue weighted by Crippen LogP contribution is 2.38. The van der Waals surface area contributed by atoms with Gasteiger partial charge in [0.15, 0.2) is 0 Å². The van der Waals surface area contributed by atoms with Crippen molar-refractivity contribution in [2.45, 2.75) is 25.8 Å². The predicted molar refractivity (Wildman–Crippen MR) is 111 cm³/mol. The molecule has 2 aromatic rings. The Bertz CT molecular complexity index is 1010. The van der Waals surface area contributed by atoms with Crippen molar-refractivity contribution in [1.82, 2.24) is 4.90 Å². The summed E-state index contributed by atoms with van der Waals surface area (Å²) in [6.45, 7) is 1.78. The lowest BCUT2D eigenvalue weighted by atomic mass is 9.83. The van der Waals surface area contributed by atoms with Crippen molar-refractivity contribution in [2.24, 2.45) is 0 Å². The van der Waals surface area contributed by atoms with Gasteiger partial charge in [0, 0.05) is 41.8 Å². The van der Waals surface area contributed by atoms with Gasteiger partial charge in [0.05, 0.1) is 18.7 Å². The van der Waals surface area contributed by atoms with Crippen molar-refractivity contribution in [2.75, 3.05) is 20.3 Å². The van der Waals surface area contributed by atoms with Gasteiger partial charge in [-0.2, -0.15) is 0 Å². The van der Waals surface area contributed by atoms with Crippen molar-refractivity contribution >= 4 is 23.5 Å². The van der Waals surface area contributed by atoms with Crippen LogP contribution in [0.1, 0.15) is 30.4 Å². The van der Waals surface area contributed by atoms with E-state index in [1.165, 1.54) is 18.1 Å². The van der Waals surface area contributed by atoms with Gasteiger partial charge in [0.1, 0.15) is 18.2 Å². The van der Waals surface area contributed by atoms with E-state index in [9.17, 15) is 18.4 Å². The summed E-state index contributed by atoms with van der Waals surface area (Å²) in [4.78, 5) is 27.2. The zero-order chi connectivity index (χ0) is 22.5. The van der Waals surface area contributed by atoms with Crippen LogP contribution in [0.5, 0.6) is 0 Å². The molecular formula is C23H22ClF2NO4. The Balaban J connectivity index is 1.99. The fraction of sp³-hybridized carbons (Fsp3) is 0.304. The molecule has 0 spiro atoms. The van der Waals surface area contributed by atoms with Gasteiger partial charge in [-0.25, -0.2) is 13.6 Å². The molecule has 2 aromatic carbocycles. The van der Waals surface area contributed by atoms with E-state index >= 15 is 0 Å². The first-order valence-corrected chi connectivity index (χ1v) is 10.1. The molecule has 1 unspecified atom stereocenters. The Hall–Kier alpha value is -2.77. The second-order valence-corrected chi connectivity index (χ2v) is 7.59. The molecule has 164 valence electrons. The molecule has 0 bridgehead atoms. The summed E-state index contributed by atoms with van der Waals surface area (Å²) < 4.78 is 37.7. The molecule has 1 aliphatic heterocycles. The average molecular weight is 450 g/mol. The lowest BCUT2D eigenvalue weighted by molar-refractivity contribution is -0.141. The van der Waals surface area contributed by atoms with Crippen LogP contribution in [0.25, 0.3) is 0 Å². The van der Waals surface area contributed by atoms with E-state index < -0.39 is 23.5 Å². The number of esters is 1. The average Bonchev–Trinajstić information content (AvgIpc) is 2.72. The minimum absolute atomic E-state index is 0.00347. The van der Waals surface area contributed by atoms with E-state index in [0.29, 0.717) is 16.3 Å². The molecule has 31 heavy (non-hydrogen) atoms. The Morgan fingerprint density at radius 3 is 2.52 bits per heavy atom. The Labute approximate surface area is 184 Å². The minimum atomic E-state index is -0.760. The maximum atomic E-state index is 14.2. The highest BCUT2D eigenvalue weighted by molar-refractivity contribution is 6.30. The van der Waals surface area contributed by atoms with Gasteiger partial charge < -0.3 is 14.4 Å². The number of halogens is 3. The van der Waals surface area contributed by atoms with Crippen LogP contribution >= 0.6 is 11.6 Å². The second kappa shape index (κ2) is 10.0. The third-order valence-electron chi connectivity index (χ3n) is 5.18. The summed E-state index contributed by atoms with van der Waals surface area (Å²) in [5.41, 5.74) is 1.55. The molecule has 5 nitrogen and oxygen atoms in total. The zero-order valence-electron chi connectivity index (χ0n) is 17.2. The van der Waals surface area contributed by atoms with Crippen molar-refractivity contribution in [1.29, 1.82) is 0 Å². The number of benzene rings is 2. The number of carbonyl (C=O) groups is 2. The first-order valence-electron chi connectivity index (χ1n) is 9.68. The molecule has 0 aromatic heterocycles. The van der Waals surface area contributed by atoms with E-state index in [4.69, 9.17) is 21.1 Å². The zero-order valence-corrected chi connectivity index (χ0v) is 17.9. The molecule has 8 heteroatoms. The molecule has 0 fully saturated rings. The van der Waals surface area contributed by atoms with Gasteiger partial charge >= 0.3 is 5.97 Å². The van der Waals surface area contributed by atoms with Crippen LogP contribution in [-0.4, -0.2) is 37.1 Å². The maximum Gasteiger partial charge on any atom is 0.336 e. The Kier molecular flexibility index (Phi) is 7.41. The number of carbonyl (C=O) groups excluding carboxylic acids is 2. The topological polar surface area (TPSA) is 55.8 Å². The van der Waals surface area contributed by atoms with Crippen LogP contribution in [0.2, 0.25) is 5.02 Å². The molecule has 1 atom stereocenters. The van der Waals surface area contributed by atoms with Crippen LogP contribution in [0.3, 0.4) is 0 Å². The van der Waals surface area contributed by atoms with Gasteiger partial charge in [-0.1, -0.05) is 29.8 Å². The first kappa shape index (κ1) is 22.9. The molecule has 0 saturated carbocycles. The van der Waals surface area contributed by atoms with Crippen molar-refractivity contribution < 1.29 is 27.8 Å². The molecule has 0 aliphatic carbocycles. The molecule has 1 amide bonds. The summed E-state index contributed by atoms with van der Waals surface area (Å²) in [7, 11) is 1.49. The smallest absolute Gasteiger partial charge is 0.336 e. The molecule has 1 heterocycles. The number of allylic oxidation sites excluding steroid dienone is 1. The standard InChI is InChI=1S/C23H22ClF2NO4/c1-14-22(23(29)31-10-9-30-2)19(15-3-6-17(24)7-4-15)12-21(28)27(14)13-16-5-8-18(25)11-20(16)26/h3-8,11,19H,9-10,12-13H2,1-2H3. The van der Waals surface area contributed by atoms with Crippen molar-refractivity contribution in [3.8, 4) is 0 Å². The number of hydrogen-bond acceptors (Lipinski definition) is 4. The van der Waals surface area contributed by atoms with Crippen molar-refractivity contribution in [3.05, 3.63) is 81.5 Å². The van der Waals surface area contributed by atoms with E-state index in [2.05, 4.69) is 0 Å². The highest BCUT2D eigenvalue weighted by atomic mass is 35.5. The quantitative estimate of drug-likeness (QED) is 0.458. The SMILES string of the molecule is COCCOC(=O)C1=C(C)N(Cc2ccc(F)cc2F)C(=O)CC1c1ccc(Cl)cc1. The number of hydrogen-bond donors (Lipinski definition) is 0. The van der Waals surface area contributed by atoms with Gasteiger partial charge in [-0.3, -0.25) is 4.79 Å². The van der Waals surface area contributed by atoms with Gasteiger partial charge in [0.25, 0.3) is 0 Å². The number of rotatable bonds is 7. The molecule has 1 aliphatic rings. The van der Waals surface area contributed by atoms with Gasteiger partial charge in [-0.05, 0) is 30.7 Å². The number of nitrogens with zero attached hydrogens (tertiary/aromatic N) is 1. The molecule has 0 saturated heterocycles. The van der Waals surface area contributed by atoms with E-state index in [-0.39, 0.29) is 37.6 Å². The summed E-state index contributed by atoms with van der Waals surface area (Å²) >= 11 is 5.98. The fourth-order valence-electron chi connectivity index (χ4n) is 3.56. The minimum Gasteiger partial charge on any atom is -0.460 e. The molecule has 3 rings (SSSR count). The maximum absolute atomic E-state index is 14.2. The third kappa shape index (κ3) is 5.29. The first-order chi connectivity index (χ1) is 14.8. The van der Waals surface area contributed by atoms with Crippen LogP contribution < -0.4 is 0 Å². The van der Waals surface area contributed by atoms with E-state index in [0.717, 1.165) is 17.7 Å². The van der Waals surface area contributed by atoms with E-state index in [1.54, 1.807) is 31.2 Å². The summed E-state index contributed by atoms with van der Waals surface area (Å²) in [5.74, 6) is -2.86.